The van der Waals surface area contributed by atoms with Crippen LogP contribution in [0.4, 0.5) is 0 Å². The van der Waals surface area contributed by atoms with Crippen molar-refractivity contribution in [1.82, 2.24) is 5.32 Å². The van der Waals surface area contributed by atoms with Crippen molar-refractivity contribution in [2.45, 2.75) is 18.9 Å². The van der Waals surface area contributed by atoms with Gasteiger partial charge in [-0.2, -0.15) is 0 Å². The standard InChI is InChI=1S/C13H15NO2/c15-13(16)10-2-1-8-5-11-6-9(3-4-14-11)12(8)7-10/h1-4,7-9,11-12,14H,5-6H2,(H,15,16). The van der Waals surface area contributed by atoms with Gasteiger partial charge in [-0.25, -0.2) is 4.79 Å². The van der Waals surface area contributed by atoms with E-state index in [0.717, 1.165) is 12.8 Å². The fourth-order valence-electron chi connectivity index (χ4n) is 3.13. The normalized spacial score (nSPS) is 39.6. The number of allylic oxidation sites excluding steroid dienone is 3. The Balaban J connectivity index is 1.92. The highest BCUT2D eigenvalue weighted by Gasteiger charge is 2.37. The maximum Gasteiger partial charge on any atom is 0.335 e. The minimum absolute atomic E-state index is 0.380. The van der Waals surface area contributed by atoms with Crippen molar-refractivity contribution in [2.24, 2.45) is 17.8 Å². The highest BCUT2D eigenvalue weighted by molar-refractivity contribution is 5.90. The van der Waals surface area contributed by atoms with E-state index in [4.69, 9.17) is 5.11 Å². The molecule has 16 heavy (non-hydrogen) atoms. The maximum absolute atomic E-state index is 11.0. The Bertz CT molecular complexity index is 408. The molecule has 3 rings (SSSR count). The predicted molar refractivity (Wildman–Crippen MR) is 60.6 cm³/mol. The molecule has 1 heterocycles. The lowest BCUT2D eigenvalue weighted by atomic mass is 9.67. The Morgan fingerprint density at radius 1 is 1.31 bits per heavy atom. The van der Waals surface area contributed by atoms with Crippen molar-refractivity contribution in [3.8, 4) is 0 Å². The van der Waals surface area contributed by atoms with Gasteiger partial charge in [0.05, 0.1) is 5.57 Å². The summed E-state index contributed by atoms with van der Waals surface area (Å²) in [5.41, 5.74) is 0.451. The average Bonchev–Trinajstić information content (AvgIpc) is 2.29. The van der Waals surface area contributed by atoms with Crippen molar-refractivity contribution in [2.75, 3.05) is 0 Å². The number of hydrogen-bond acceptors (Lipinski definition) is 2. The molecule has 1 saturated carbocycles. The van der Waals surface area contributed by atoms with Crippen LogP contribution in [-0.2, 0) is 4.79 Å². The molecule has 0 aromatic carbocycles. The van der Waals surface area contributed by atoms with Crippen LogP contribution in [0.1, 0.15) is 12.8 Å². The van der Waals surface area contributed by atoms with E-state index in [1.165, 1.54) is 0 Å². The Labute approximate surface area is 94.5 Å². The van der Waals surface area contributed by atoms with Gasteiger partial charge in [0.1, 0.15) is 0 Å². The molecule has 2 bridgehead atoms. The number of rotatable bonds is 1. The Morgan fingerprint density at radius 3 is 2.81 bits per heavy atom. The first-order chi connectivity index (χ1) is 7.74. The molecule has 0 aromatic heterocycles. The first kappa shape index (κ1) is 9.70. The van der Waals surface area contributed by atoms with Crippen LogP contribution >= 0.6 is 0 Å². The van der Waals surface area contributed by atoms with E-state index < -0.39 is 5.97 Å². The van der Waals surface area contributed by atoms with Crippen LogP contribution < -0.4 is 5.32 Å². The maximum atomic E-state index is 11.0. The van der Waals surface area contributed by atoms with Crippen LogP contribution in [0.5, 0.6) is 0 Å². The van der Waals surface area contributed by atoms with Crippen molar-refractivity contribution < 1.29 is 9.90 Å². The zero-order valence-corrected chi connectivity index (χ0v) is 8.97. The number of fused-ring (bicyclic) bond motifs is 4. The summed E-state index contributed by atoms with van der Waals surface area (Å²) in [6, 6.07) is 0.570. The van der Waals surface area contributed by atoms with Gasteiger partial charge in [-0.15, -0.1) is 0 Å². The predicted octanol–water partition coefficient (Wildman–Crippen LogP) is 1.70. The fourth-order valence-corrected chi connectivity index (χ4v) is 3.13. The molecule has 0 radical (unpaired) electrons. The van der Waals surface area contributed by atoms with Gasteiger partial charge >= 0.3 is 5.97 Å². The van der Waals surface area contributed by atoms with Gasteiger partial charge in [0, 0.05) is 6.04 Å². The molecule has 2 aliphatic carbocycles. The second-order valence-corrected chi connectivity index (χ2v) is 4.89. The topological polar surface area (TPSA) is 49.3 Å². The van der Waals surface area contributed by atoms with Gasteiger partial charge in [-0.3, -0.25) is 0 Å². The van der Waals surface area contributed by atoms with Crippen LogP contribution in [0.25, 0.3) is 0 Å². The van der Waals surface area contributed by atoms with E-state index >= 15 is 0 Å². The number of nitrogens with one attached hydrogen (secondary N) is 1. The highest BCUT2D eigenvalue weighted by atomic mass is 16.4. The third-order valence-corrected chi connectivity index (χ3v) is 3.92. The minimum atomic E-state index is -0.810. The van der Waals surface area contributed by atoms with Gasteiger partial charge < -0.3 is 10.4 Å². The zero-order chi connectivity index (χ0) is 11.1. The van der Waals surface area contributed by atoms with E-state index in [1.807, 2.05) is 12.3 Å². The van der Waals surface area contributed by atoms with Gasteiger partial charge in [-0.1, -0.05) is 24.3 Å². The number of carbonyl (C=O) groups is 1. The van der Waals surface area contributed by atoms with Crippen molar-refractivity contribution in [3.05, 3.63) is 36.1 Å². The first-order valence-electron chi connectivity index (χ1n) is 5.80. The number of carboxylic acid groups (broad SMARTS) is 1. The number of carboxylic acids is 1. The molecule has 1 fully saturated rings. The van der Waals surface area contributed by atoms with E-state index in [-0.39, 0.29) is 0 Å². The van der Waals surface area contributed by atoms with E-state index in [1.54, 1.807) is 6.08 Å². The molecular formula is C13H15NO2. The summed E-state index contributed by atoms with van der Waals surface area (Å²) in [6.45, 7) is 0. The van der Waals surface area contributed by atoms with Crippen LogP contribution in [0.3, 0.4) is 0 Å². The Morgan fingerprint density at radius 2 is 2.06 bits per heavy atom. The van der Waals surface area contributed by atoms with Gasteiger partial charge in [0.15, 0.2) is 0 Å². The summed E-state index contributed by atoms with van der Waals surface area (Å²) in [5.74, 6) is 0.578. The number of aliphatic carboxylic acids is 1. The van der Waals surface area contributed by atoms with Crippen LogP contribution in [0.15, 0.2) is 36.1 Å². The average molecular weight is 217 g/mol. The second-order valence-electron chi connectivity index (χ2n) is 4.89. The summed E-state index contributed by atoms with van der Waals surface area (Å²) in [7, 11) is 0. The number of hydrogen-bond donors (Lipinski definition) is 2. The molecular weight excluding hydrogens is 202 g/mol. The molecule has 84 valence electrons. The molecule has 4 atom stereocenters. The molecule has 3 nitrogen and oxygen atoms in total. The fraction of sp³-hybridized carbons (Fsp3) is 0.462. The molecule has 1 aliphatic heterocycles. The SMILES string of the molecule is O=C(O)C1=CC2C3C=CNC(C3)CC2C=C1. The molecule has 0 aromatic rings. The Hall–Kier alpha value is -1.51. The van der Waals surface area contributed by atoms with E-state index in [2.05, 4.69) is 17.5 Å². The minimum Gasteiger partial charge on any atom is -0.478 e. The smallest absolute Gasteiger partial charge is 0.335 e. The summed E-state index contributed by atoms with van der Waals surface area (Å²) in [4.78, 5) is 11.0. The molecule has 0 spiro atoms. The van der Waals surface area contributed by atoms with Gasteiger partial charge in [0.25, 0.3) is 0 Å². The summed E-state index contributed by atoms with van der Waals surface area (Å²) < 4.78 is 0. The molecule has 4 unspecified atom stereocenters. The highest BCUT2D eigenvalue weighted by Crippen LogP contribution is 2.41. The van der Waals surface area contributed by atoms with Crippen LogP contribution in [0.2, 0.25) is 0 Å². The quantitative estimate of drug-likeness (QED) is 0.702. The lowest BCUT2D eigenvalue weighted by Crippen LogP contribution is -2.42. The molecule has 0 saturated heterocycles. The second kappa shape index (κ2) is 3.51. The van der Waals surface area contributed by atoms with Crippen molar-refractivity contribution >= 4 is 5.97 Å². The molecule has 2 N–H and O–H groups in total. The monoisotopic (exact) mass is 217 g/mol. The zero-order valence-electron chi connectivity index (χ0n) is 8.97. The van der Waals surface area contributed by atoms with Crippen molar-refractivity contribution in [1.29, 1.82) is 0 Å². The van der Waals surface area contributed by atoms with Crippen molar-refractivity contribution in [3.63, 3.8) is 0 Å². The third-order valence-electron chi connectivity index (χ3n) is 3.92. The molecule has 0 amide bonds. The van der Waals surface area contributed by atoms with Crippen LogP contribution in [0, 0.1) is 17.8 Å². The Kier molecular flexibility index (Phi) is 2.13. The lowest BCUT2D eigenvalue weighted by Gasteiger charge is -2.42. The third kappa shape index (κ3) is 1.47. The first-order valence-corrected chi connectivity index (χ1v) is 5.80. The molecule has 3 heteroatoms. The van der Waals surface area contributed by atoms with E-state index in [0.29, 0.717) is 29.4 Å². The lowest BCUT2D eigenvalue weighted by molar-refractivity contribution is -0.132. The summed E-state index contributed by atoms with van der Waals surface area (Å²) >= 11 is 0. The summed E-state index contributed by atoms with van der Waals surface area (Å²) in [5, 5.41) is 12.4. The summed E-state index contributed by atoms with van der Waals surface area (Å²) in [6.07, 6.45) is 12.2. The van der Waals surface area contributed by atoms with Gasteiger partial charge in [0.2, 0.25) is 0 Å². The van der Waals surface area contributed by atoms with Crippen LogP contribution in [-0.4, -0.2) is 17.1 Å². The van der Waals surface area contributed by atoms with Gasteiger partial charge in [-0.05, 0) is 36.8 Å². The largest absolute Gasteiger partial charge is 0.478 e. The molecule has 3 aliphatic rings. The van der Waals surface area contributed by atoms with E-state index in [9.17, 15) is 4.79 Å².